The standard InChI is InChI=1S/C13H10ClIN2O2/c14-9-6-7(15)4-5-11(9)17-10-3-1-2-8(10)12(16-17)13(18)19/h4-6H,1-3H2,(H,18,19). The zero-order valence-electron chi connectivity index (χ0n) is 9.86. The van der Waals surface area contributed by atoms with Gasteiger partial charge in [0.2, 0.25) is 0 Å². The van der Waals surface area contributed by atoms with E-state index in [1.165, 1.54) is 0 Å². The van der Waals surface area contributed by atoms with Gasteiger partial charge in [-0.15, -0.1) is 0 Å². The first-order valence-corrected chi connectivity index (χ1v) is 7.33. The Morgan fingerprint density at radius 2 is 2.21 bits per heavy atom. The quantitative estimate of drug-likeness (QED) is 0.803. The van der Waals surface area contributed by atoms with Gasteiger partial charge >= 0.3 is 5.97 Å². The fourth-order valence-corrected chi connectivity index (χ4v) is 3.40. The third kappa shape index (κ3) is 2.14. The average molecular weight is 389 g/mol. The van der Waals surface area contributed by atoms with Crippen LogP contribution in [0, 0.1) is 3.57 Å². The summed E-state index contributed by atoms with van der Waals surface area (Å²) in [5.41, 5.74) is 2.72. The summed E-state index contributed by atoms with van der Waals surface area (Å²) in [6, 6.07) is 5.66. The largest absolute Gasteiger partial charge is 0.476 e. The van der Waals surface area contributed by atoms with Crippen LogP contribution >= 0.6 is 34.2 Å². The molecule has 0 bridgehead atoms. The number of rotatable bonds is 2. The molecule has 98 valence electrons. The Morgan fingerprint density at radius 3 is 2.89 bits per heavy atom. The van der Waals surface area contributed by atoms with E-state index in [1.54, 1.807) is 4.68 Å². The molecule has 6 heteroatoms. The highest BCUT2D eigenvalue weighted by atomic mass is 127. The van der Waals surface area contributed by atoms with Crippen molar-refractivity contribution in [3.63, 3.8) is 0 Å². The number of halogens is 2. The number of carboxylic acid groups (broad SMARTS) is 1. The van der Waals surface area contributed by atoms with Gasteiger partial charge in [0, 0.05) is 14.8 Å². The van der Waals surface area contributed by atoms with E-state index < -0.39 is 5.97 Å². The maximum absolute atomic E-state index is 11.2. The average Bonchev–Trinajstić information content (AvgIpc) is 2.90. The summed E-state index contributed by atoms with van der Waals surface area (Å²) < 4.78 is 2.72. The number of hydrogen-bond donors (Lipinski definition) is 1. The highest BCUT2D eigenvalue weighted by Crippen LogP contribution is 2.31. The molecule has 0 unspecified atom stereocenters. The molecule has 1 aromatic carbocycles. The number of carboxylic acids is 1. The molecule has 1 aromatic heterocycles. The molecule has 0 spiro atoms. The van der Waals surface area contributed by atoms with Crippen molar-refractivity contribution < 1.29 is 9.90 Å². The second kappa shape index (κ2) is 4.79. The number of nitrogens with zero attached hydrogens (tertiary/aromatic N) is 2. The third-order valence-corrected chi connectivity index (χ3v) is 4.24. The van der Waals surface area contributed by atoms with E-state index in [2.05, 4.69) is 27.7 Å². The van der Waals surface area contributed by atoms with Gasteiger partial charge < -0.3 is 5.11 Å². The minimum atomic E-state index is -0.974. The van der Waals surface area contributed by atoms with E-state index in [0.29, 0.717) is 5.02 Å². The van der Waals surface area contributed by atoms with Crippen LogP contribution in [-0.4, -0.2) is 20.9 Å². The molecular formula is C13H10ClIN2O2. The molecule has 0 atom stereocenters. The third-order valence-electron chi connectivity index (χ3n) is 3.27. The van der Waals surface area contributed by atoms with E-state index in [0.717, 1.165) is 39.8 Å². The predicted molar refractivity (Wildman–Crippen MR) is 80.3 cm³/mol. The highest BCUT2D eigenvalue weighted by molar-refractivity contribution is 14.1. The second-order valence-electron chi connectivity index (χ2n) is 4.44. The van der Waals surface area contributed by atoms with Gasteiger partial charge in [0.05, 0.1) is 10.7 Å². The summed E-state index contributed by atoms with van der Waals surface area (Å²) in [4.78, 5) is 11.2. The lowest BCUT2D eigenvalue weighted by Gasteiger charge is -2.08. The number of hydrogen-bond acceptors (Lipinski definition) is 2. The van der Waals surface area contributed by atoms with Gasteiger partial charge in [-0.1, -0.05) is 11.6 Å². The summed E-state index contributed by atoms with van der Waals surface area (Å²) in [6.07, 6.45) is 2.59. The van der Waals surface area contributed by atoms with Gasteiger partial charge in [-0.25, -0.2) is 9.48 Å². The monoisotopic (exact) mass is 388 g/mol. The molecule has 1 aliphatic rings. The van der Waals surface area contributed by atoms with Crippen molar-refractivity contribution in [3.05, 3.63) is 43.7 Å². The van der Waals surface area contributed by atoms with Crippen LogP contribution in [0.5, 0.6) is 0 Å². The van der Waals surface area contributed by atoms with Crippen LogP contribution in [0.3, 0.4) is 0 Å². The van der Waals surface area contributed by atoms with Crippen LogP contribution in [0.4, 0.5) is 0 Å². The van der Waals surface area contributed by atoms with Gasteiger partial charge in [-0.3, -0.25) is 0 Å². The Labute approximate surface area is 128 Å². The molecule has 4 nitrogen and oxygen atoms in total. The van der Waals surface area contributed by atoms with Crippen molar-refractivity contribution in [1.29, 1.82) is 0 Å². The number of benzene rings is 1. The van der Waals surface area contributed by atoms with E-state index in [1.807, 2.05) is 18.2 Å². The van der Waals surface area contributed by atoms with Gasteiger partial charge in [0.15, 0.2) is 5.69 Å². The van der Waals surface area contributed by atoms with Crippen LogP contribution in [-0.2, 0) is 12.8 Å². The summed E-state index contributed by atoms with van der Waals surface area (Å²) in [5.74, 6) is -0.974. The maximum atomic E-state index is 11.2. The van der Waals surface area contributed by atoms with Crippen molar-refractivity contribution in [1.82, 2.24) is 9.78 Å². The van der Waals surface area contributed by atoms with E-state index >= 15 is 0 Å². The van der Waals surface area contributed by atoms with E-state index in [4.69, 9.17) is 11.6 Å². The minimum absolute atomic E-state index is 0.155. The van der Waals surface area contributed by atoms with Gasteiger partial charge in [0.1, 0.15) is 0 Å². The van der Waals surface area contributed by atoms with Crippen LogP contribution in [0.1, 0.15) is 28.2 Å². The molecule has 1 heterocycles. The zero-order chi connectivity index (χ0) is 13.6. The Morgan fingerprint density at radius 1 is 1.42 bits per heavy atom. The molecule has 0 aliphatic heterocycles. The Kier molecular flexibility index (Phi) is 3.26. The number of fused-ring (bicyclic) bond motifs is 1. The van der Waals surface area contributed by atoms with Crippen LogP contribution in [0.2, 0.25) is 5.02 Å². The number of carbonyl (C=O) groups is 1. The molecule has 0 saturated carbocycles. The van der Waals surface area contributed by atoms with Crippen molar-refractivity contribution >= 4 is 40.2 Å². The lowest BCUT2D eigenvalue weighted by molar-refractivity contribution is 0.0689. The summed E-state index contributed by atoms with van der Waals surface area (Å²) in [7, 11) is 0. The van der Waals surface area contributed by atoms with Crippen LogP contribution in [0.25, 0.3) is 5.69 Å². The second-order valence-corrected chi connectivity index (χ2v) is 6.09. The topological polar surface area (TPSA) is 55.1 Å². The smallest absolute Gasteiger partial charge is 0.356 e. The van der Waals surface area contributed by atoms with E-state index in [9.17, 15) is 9.90 Å². The lowest BCUT2D eigenvalue weighted by Crippen LogP contribution is -2.05. The van der Waals surface area contributed by atoms with Gasteiger partial charge in [-0.2, -0.15) is 5.10 Å². The molecule has 3 rings (SSSR count). The van der Waals surface area contributed by atoms with Gasteiger partial charge in [0.25, 0.3) is 0 Å². The molecule has 2 aromatic rings. The Hall–Kier alpha value is -1.08. The van der Waals surface area contributed by atoms with Crippen molar-refractivity contribution in [3.8, 4) is 5.69 Å². The fraction of sp³-hybridized carbons (Fsp3) is 0.231. The summed E-state index contributed by atoms with van der Waals surface area (Å²) in [5, 5.41) is 14.0. The molecule has 0 fully saturated rings. The Bertz CT molecular complexity index is 682. The van der Waals surface area contributed by atoms with Crippen LogP contribution < -0.4 is 0 Å². The molecule has 0 amide bonds. The van der Waals surface area contributed by atoms with Crippen LogP contribution in [0.15, 0.2) is 18.2 Å². The first-order valence-electron chi connectivity index (χ1n) is 5.87. The summed E-state index contributed by atoms with van der Waals surface area (Å²) >= 11 is 8.43. The summed E-state index contributed by atoms with van der Waals surface area (Å²) in [6.45, 7) is 0. The first kappa shape index (κ1) is 12.9. The van der Waals surface area contributed by atoms with Crippen molar-refractivity contribution in [2.75, 3.05) is 0 Å². The van der Waals surface area contributed by atoms with Gasteiger partial charge in [-0.05, 0) is 60.1 Å². The molecule has 0 radical (unpaired) electrons. The molecular weight excluding hydrogens is 379 g/mol. The zero-order valence-corrected chi connectivity index (χ0v) is 12.8. The minimum Gasteiger partial charge on any atom is -0.476 e. The molecule has 1 aliphatic carbocycles. The van der Waals surface area contributed by atoms with Crippen molar-refractivity contribution in [2.45, 2.75) is 19.3 Å². The van der Waals surface area contributed by atoms with Crippen molar-refractivity contribution in [2.24, 2.45) is 0 Å². The molecule has 19 heavy (non-hydrogen) atoms. The molecule has 0 saturated heterocycles. The highest BCUT2D eigenvalue weighted by Gasteiger charge is 2.27. The number of aromatic carboxylic acids is 1. The lowest BCUT2D eigenvalue weighted by atomic mass is 10.2. The SMILES string of the molecule is O=C(O)c1nn(-c2ccc(I)cc2Cl)c2c1CCC2. The number of aromatic nitrogens is 2. The fourth-order valence-electron chi connectivity index (χ4n) is 2.46. The Balaban J connectivity index is 2.21. The molecule has 1 N–H and O–H groups in total. The van der Waals surface area contributed by atoms with E-state index in [-0.39, 0.29) is 5.69 Å². The first-order chi connectivity index (χ1) is 9.08. The maximum Gasteiger partial charge on any atom is 0.356 e. The predicted octanol–water partition coefficient (Wildman–Crippen LogP) is 3.32. The normalized spacial score (nSPS) is 13.6.